The molecule has 0 bridgehead atoms. The number of aromatic amines is 1. The molecule has 2 aromatic rings. The minimum absolute atomic E-state index is 0.0670. The zero-order valence-corrected chi connectivity index (χ0v) is 12.6. The Balaban J connectivity index is 2.30. The van der Waals surface area contributed by atoms with E-state index in [0.717, 1.165) is 16.7 Å². The molecule has 0 aliphatic rings. The summed E-state index contributed by atoms with van der Waals surface area (Å²) in [6.45, 7) is 10.6. The number of hydrogen-bond donors (Lipinski definition) is 2. The summed E-state index contributed by atoms with van der Waals surface area (Å²) < 4.78 is 0. The molecule has 0 spiro atoms. The Morgan fingerprint density at radius 3 is 2.10 bits per heavy atom. The number of H-pyrrole nitrogens is 1. The Morgan fingerprint density at radius 2 is 1.60 bits per heavy atom. The molecule has 1 aromatic heterocycles. The number of hydrogen-bond acceptors (Lipinski definition) is 3. The van der Waals surface area contributed by atoms with Gasteiger partial charge in [0.1, 0.15) is 12.2 Å². The maximum Gasteiger partial charge on any atom is 0.252 e. The largest absolute Gasteiger partial charge is 0.345 e. The number of rotatable bonds is 3. The summed E-state index contributed by atoms with van der Waals surface area (Å²) in [5, 5.41) is 9.37. The van der Waals surface area contributed by atoms with E-state index < -0.39 is 0 Å². The third-order valence-corrected chi connectivity index (χ3v) is 4.11. The van der Waals surface area contributed by atoms with E-state index in [1.165, 1.54) is 23.0 Å². The van der Waals surface area contributed by atoms with Crippen molar-refractivity contribution in [2.24, 2.45) is 0 Å². The molecule has 0 aliphatic heterocycles. The van der Waals surface area contributed by atoms with Gasteiger partial charge in [0, 0.05) is 5.56 Å². The van der Waals surface area contributed by atoms with Crippen LogP contribution in [0.1, 0.15) is 44.0 Å². The van der Waals surface area contributed by atoms with E-state index in [9.17, 15) is 4.79 Å². The van der Waals surface area contributed by atoms with Crippen LogP contribution in [0.25, 0.3) is 0 Å². The van der Waals surface area contributed by atoms with Crippen molar-refractivity contribution < 1.29 is 4.79 Å². The first-order valence-electron chi connectivity index (χ1n) is 6.62. The molecule has 1 aromatic carbocycles. The summed E-state index contributed by atoms with van der Waals surface area (Å²) in [6.07, 6.45) is 1.43. The van der Waals surface area contributed by atoms with Gasteiger partial charge in [-0.2, -0.15) is 5.10 Å². The van der Waals surface area contributed by atoms with E-state index in [2.05, 4.69) is 41.3 Å². The molecule has 106 valence electrons. The van der Waals surface area contributed by atoms with Crippen LogP contribution in [-0.2, 0) is 6.54 Å². The van der Waals surface area contributed by atoms with Gasteiger partial charge >= 0.3 is 0 Å². The average molecular weight is 272 g/mol. The summed E-state index contributed by atoms with van der Waals surface area (Å²) in [4.78, 5) is 16.4. The van der Waals surface area contributed by atoms with Gasteiger partial charge in [-0.05, 0) is 62.4 Å². The molecule has 2 N–H and O–H groups in total. The molecule has 0 fully saturated rings. The Labute approximate surface area is 118 Å². The van der Waals surface area contributed by atoms with E-state index in [1.807, 2.05) is 13.8 Å². The standard InChI is InChI=1S/C15H20N4O/c1-8-9(2)11(4)14(12(5)10(8)3)15(20)16-6-13-17-7-18-19-13/h7H,6H2,1-5H3,(H,16,20)(H,17,18,19). The lowest BCUT2D eigenvalue weighted by Crippen LogP contribution is -2.26. The minimum Gasteiger partial charge on any atom is -0.345 e. The molecule has 20 heavy (non-hydrogen) atoms. The Morgan fingerprint density at radius 1 is 1.05 bits per heavy atom. The van der Waals surface area contributed by atoms with Gasteiger partial charge in [-0.1, -0.05) is 0 Å². The van der Waals surface area contributed by atoms with Gasteiger partial charge in [0.2, 0.25) is 0 Å². The Hall–Kier alpha value is -2.17. The maximum absolute atomic E-state index is 12.4. The summed E-state index contributed by atoms with van der Waals surface area (Å²) >= 11 is 0. The number of nitrogens with zero attached hydrogens (tertiary/aromatic N) is 2. The normalized spacial score (nSPS) is 10.7. The van der Waals surface area contributed by atoms with E-state index in [1.54, 1.807) is 0 Å². The molecule has 1 amide bonds. The summed E-state index contributed by atoms with van der Waals surface area (Å²) in [5.74, 6) is 0.580. The Kier molecular flexibility index (Phi) is 3.88. The second-order valence-electron chi connectivity index (χ2n) is 5.11. The van der Waals surface area contributed by atoms with Crippen molar-refractivity contribution in [1.29, 1.82) is 0 Å². The van der Waals surface area contributed by atoms with Crippen LogP contribution >= 0.6 is 0 Å². The number of aromatic nitrogens is 3. The predicted octanol–water partition coefficient (Wildman–Crippen LogP) is 2.28. The highest BCUT2D eigenvalue weighted by atomic mass is 16.1. The van der Waals surface area contributed by atoms with Crippen molar-refractivity contribution in [1.82, 2.24) is 20.5 Å². The molecule has 0 unspecified atom stereocenters. The average Bonchev–Trinajstić information content (AvgIpc) is 2.94. The molecule has 5 nitrogen and oxygen atoms in total. The van der Waals surface area contributed by atoms with Crippen LogP contribution in [0.5, 0.6) is 0 Å². The first-order chi connectivity index (χ1) is 9.43. The van der Waals surface area contributed by atoms with Crippen molar-refractivity contribution >= 4 is 5.91 Å². The SMILES string of the molecule is Cc1c(C)c(C)c(C(=O)NCc2ncn[nH]2)c(C)c1C. The van der Waals surface area contributed by atoms with Gasteiger partial charge in [-0.3, -0.25) is 9.89 Å². The molecule has 0 saturated heterocycles. The fourth-order valence-corrected chi connectivity index (χ4v) is 2.41. The number of amides is 1. The molecule has 1 heterocycles. The molecule has 5 heteroatoms. The number of carbonyl (C=O) groups excluding carboxylic acids is 1. The molecular weight excluding hydrogens is 252 g/mol. The summed E-state index contributed by atoms with van der Waals surface area (Å²) in [6, 6.07) is 0. The highest BCUT2D eigenvalue weighted by Gasteiger charge is 2.18. The molecule has 0 radical (unpaired) electrons. The fourth-order valence-electron chi connectivity index (χ4n) is 2.41. The molecule has 2 rings (SSSR count). The van der Waals surface area contributed by atoms with Gasteiger partial charge in [-0.25, -0.2) is 4.98 Å². The highest BCUT2D eigenvalue weighted by molar-refractivity contribution is 5.97. The molecule has 0 aliphatic carbocycles. The lowest BCUT2D eigenvalue weighted by Gasteiger charge is -2.18. The first-order valence-corrected chi connectivity index (χ1v) is 6.62. The third kappa shape index (κ3) is 2.43. The fraction of sp³-hybridized carbons (Fsp3) is 0.400. The molecular formula is C15H20N4O. The first kappa shape index (κ1) is 14.2. The van der Waals surface area contributed by atoms with Crippen molar-refractivity contribution in [2.75, 3.05) is 0 Å². The van der Waals surface area contributed by atoms with Crippen LogP contribution in [0.4, 0.5) is 0 Å². The van der Waals surface area contributed by atoms with E-state index in [-0.39, 0.29) is 5.91 Å². The van der Waals surface area contributed by atoms with Crippen LogP contribution in [0.15, 0.2) is 6.33 Å². The lowest BCUT2D eigenvalue weighted by molar-refractivity contribution is 0.0948. The molecule has 0 atom stereocenters. The van der Waals surface area contributed by atoms with E-state index >= 15 is 0 Å². The maximum atomic E-state index is 12.4. The smallest absolute Gasteiger partial charge is 0.252 e. The van der Waals surface area contributed by atoms with Gasteiger partial charge in [0.15, 0.2) is 0 Å². The van der Waals surface area contributed by atoms with Gasteiger partial charge in [0.05, 0.1) is 6.54 Å². The predicted molar refractivity (Wildman–Crippen MR) is 77.7 cm³/mol. The number of carbonyl (C=O) groups is 1. The zero-order valence-electron chi connectivity index (χ0n) is 12.6. The van der Waals surface area contributed by atoms with Crippen LogP contribution in [0, 0.1) is 34.6 Å². The third-order valence-electron chi connectivity index (χ3n) is 4.11. The van der Waals surface area contributed by atoms with Crippen LogP contribution in [0.3, 0.4) is 0 Å². The number of nitrogens with one attached hydrogen (secondary N) is 2. The second-order valence-corrected chi connectivity index (χ2v) is 5.11. The lowest BCUT2D eigenvalue weighted by atomic mass is 9.89. The Bertz CT molecular complexity index is 615. The highest BCUT2D eigenvalue weighted by Crippen LogP contribution is 2.25. The second kappa shape index (κ2) is 5.45. The zero-order chi connectivity index (χ0) is 14.9. The monoisotopic (exact) mass is 272 g/mol. The van der Waals surface area contributed by atoms with Crippen LogP contribution < -0.4 is 5.32 Å². The summed E-state index contributed by atoms with van der Waals surface area (Å²) in [7, 11) is 0. The quantitative estimate of drug-likeness (QED) is 0.900. The van der Waals surface area contributed by atoms with Crippen molar-refractivity contribution in [3.63, 3.8) is 0 Å². The van der Waals surface area contributed by atoms with E-state index in [0.29, 0.717) is 12.4 Å². The van der Waals surface area contributed by atoms with Gasteiger partial charge in [0.25, 0.3) is 5.91 Å². The van der Waals surface area contributed by atoms with Gasteiger partial charge < -0.3 is 5.32 Å². The summed E-state index contributed by atoms with van der Waals surface area (Å²) in [5.41, 5.74) is 6.47. The topological polar surface area (TPSA) is 70.7 Å². The van der Waals surface area contributed by atoms with Crippen LogP contribution in [-0.4, -0.2) is 21.1 Å². The molecule has 0 saturated carbocycles. The van der Waals surface area contributed by atoms with Crippen molar-refractivity contribution in [3.05, 3.63) is 45.5 Å². The van der Waals surface area contributed by atoms with Crippen LogP contribution in [0.2, 0.25) is 0 Å². The minimum atomic E-state index is -0.0670. The number of benzene rings is 1. The van der Waals surface area contributed by atoms with Gasteiger partial charge in [-0.15, -0.1) is 0 Å². The van der Waals surface area contributed by atoms with Crippen molar-refractivity contribution in [3.8, 4) is 0 Å². The van der Waals surface area contributed by atoms with Crippen molar-refractivity contribution in [2.45, 2.75) is 41.2 Å². The van der Waals surface area contributed by atoms with E-state index in [4.69, 9.17) is 0 Å².